The number of benzene rings is 6. The fraction of sp³-hybridized carbons (Fsp3) is 0. The van der Waals surface area contributed by atoms with Crippen molar-refractivity contribution in [1.82, 2.24) is 59.8 Å². The number of allylic oxidation sites excluding steroid dienone is 2. The summed E-state index contributed by atoms with van der Waals surface area (Å²) >= 11 is 56.0. The van der Waals surface area contributed by atoms with Crippen LogP contribution in [0.3, 0.4) is 0 Å². The summed E-state index contributed by atoms with van der Waals surface area (Å²) < 4.78 is 0. The van der Waals surface area contributed by atoms with Crippen molar-refractivity contribution in [2.75, 3.05) is 0 Å². The largest absolute Gasteiger partial charge is 2.00 e. The Labute approximate surface area is 887 Å². The Balaban J connectivity index is 0.000000691. The Morgan fingerprint density at radius 1 is 0.190 bits per heavy atom. The summed E-state index contributed by atoms with van der Waals surface area (Å²) in [7, 11) is 0. The Hall–Kier alpha value is -8.61. The summed E-state index contributed by atoms with van der Waals surface area (Å²) in [6.45, 7) is 0. The SMILES string of the molecule is N#CC([S-])=C([S-])C#N.[Pt+2].[Pt+2].[Pt+2].[Pt+2].[Pt+2].[Pt+2].[S-]C=C[S-].[S-]c1ccccc1[S-].[S-]c1ccccc1[S-].[S-]c1ccccc1[S-].[S-]c1ccccc1[S-].c1ccc(-c2ccccn2)nc1.c1ccc(-c2ccccn2)nc1.c1ccc(-c2ccccn2)nc1.c1ccc(-c2ccccn2)nc1.c1cnc2c(c1)ccc1cccnc12.c1cnc2c(c1)ccc1cccnc12. The average Bonchev–Trinajstić information content (AvgIpc) is 0.800. The zero-order valence-corrected chi connectivity index (χ0v) is 88.6. The number of hydrogen-bond acceptors (Lipinski definition) is 26. The minimum absolute atomic E-state index is 0. The van der Waals surface area contributed by atoms with E-state index in [1.807, 2.05) is 267 Å². The van der Waals surface area contributed by atoms with Gasteiger partial charge >= 0.3 is 126 Å². The number of aromatic nitrogens is 12. The Morgan fingerprint density at radius 2 is 0.325 bits per heavy atom. The van der Waals surface area contributed by atoms with Gasteiger partial charge in [0.25, 0.3) is 0 Å². The molecule has 0 N–H and O–H groups in total. The van der Waals surface area contributed by atoms with E-state index in [0.29, 0.717) is 0 Å². The van der Waals surface area contributed by atoms with E-state index in [1.54, 1.807) is 86.5 Å². The second kappa shape index (κ2) is 69.4. The summed E-state index contributed by atoms with van der Waals surface area (Å²) in [4.78, 5) is 56.8. The van der Waals surface area contributed by atoms with Crippen molar-refractivity contribution in [2.45, 2.75) is 39.2 Å². The Bertz CT molecular complexity index is 5210. The normalized spacial score (nSPS) is 9.35. The van der Waals surface area contributed by atoms with Gasteiger partial charge in [0, 0.05) is 95.9 Å². The molecule has 0 aliphatic rings. The van der Waals surface area contributed by atoms with Gasteiger partial charge in [-0.3, -0.25) is 59.8 Å². The van der Waals surface area contributed by atoms with Gasteiger partial charge in [0.15, 0.2) is 0 Å². The summed E-state index contributed by atoms with van der Waals surface area (Å²) in [5.74, 6) is 0. The van der Waals surface area contributed by atoms with Gasteiger partial charge in [-0.15, -0.1) is 9.81 Å². The summed E-state index contributed by atoms with van der Waals surface area (Å²) in [5, 5.41) is 23.4. The third-order valence-corrected chi connectivity index (χ3v) is 19.4. The number of rotatable bonds is 4. The minimum Gasteiger partial charge on any atom is -0.789 e. The first kappa shape index (κ1) is 115. The molecule has 14 nitrogen and oxygen atoms in total. The minimum atomic E-state index is -0.109. The predicted molar refractivity (Wildman–Crippen MR) is 512 cm³/mol. The zero-order valence-electron chi connectivity index (χ0n) is 65.2. The molecule has 18 aromatic rings. The predicted octanol–water partition coefficient (Wildman–Crippen LogP) is 21.0. The number of fused-ring (bicyclic) bond motifs is 6. The monoisotopic (exact) mass is 2940 g/mol. The van der Waals surface area contributed by atoms with Gasteiger partial charge in [0.05, 0.1) is 79.8 Å². The maximum atomic E-state index is 8.01. The van der Waals surface area contributed by atoms with Crippen molar-refractivity contribution in [3.05, 3.63) is 410 Å². The molecular formula is C94H66N14Pt6S12. The van der Waals surface area contributed by atoms with Gasteiger partial charge in [-0.2, -0.15) is 49.7 Å². The third-order valence-electron chi connectivity index (χ3n) is 14.9. The van der Waals surface area contributed by atoms with Crippen LogP contribution in [-0.4, -0.2) is 59.8 Å². The van der Waals surface area contributed by atoms with Crippen LogP contribution in [0.5, 0.6) is 0 Å². The van der Waals surface area contributed by atoms with E-state index in [2.05, 4.69) is 159 Å². The molecule has 0 aliphatic carbocycles. The number of nitriles is 2. The molecule has 0 unspecified atom stereocenters. The molecule has 0 fully saturated rings. The first-order valence-corrected chi connectivity index (χ1v) is 40.6. The number of hydrogen-bond donors (Lipinski definition) is 0. The summed E-state index contributed by atoms with van der Waals surface area (Å²) in [6, 6.07) is 104. The molecule has 6 aromatic carbocycles. The van der Waals surface area contributed by atoms with E-state index in [1.165, 1.54) is 10.8 Å². The van der Waals surface area contributed by atoms with Gasteiger partial charge < -0.3 is 152 Å². The molecule has 0 saturated carbocycles. The molecular weight excluding hydrogens is 2880 g/mol. The summed E-state index contributed by atoms with van der Waals surface area (Å²) in [6.07, 6.45) is 21.4. The first-order chi connectivity index (χ1) is 58.6. The van der Waals surface area contributed by atoms with Crippen LogP contribution in [-0.2, 0) is 278 Å². The summed E-state index contributed by atoms with van der Waals surface area (Å²) in [5.41, 5.74) is 11.2. The van der Waals surface area contributed by atoms with Crippen LogP contribution in [0.25, 0.3) is 89.2 Å². The van der Waals surface area contributed by atoms with E-state index in [0.717, 1.165) is 128 Å². The van der Waals surface area contributed by atoms with Crippen LogP contribution in [0.4, 0.5) is 0 Å². The van der Waals surface area contributed by atoms with Crippen LogP contribution < -0.4 is 0 Å². The Morgan fingerprint density at radius 3 is 0.437 bits per heavy atom. The molecule has 0 radical (unpaired) electrons. The molecule has 12 heterocycles. The van der Waals surface area contributed by atoms with Gasteiger partial charge in [-0.05, 0) is 121 Å². The smallest absolute Gasteiger partial charge is 0.789 e. The molecule has 0 saturated heterocycles. The van der Waals surface area contributed by atoms with Crippen LogP contribution >= 0.6 is 0 Å². The van der Waals surface area contributed by atoms with Crippen LogP contribution in [0.1, 0.15) is 0 Å². The van der Waals surface area contributed by atoms with E-state index < -0.39 is 0 Å². The molecule has 0 spiro atoms. The molecule has 0 atom stereocenters. The fourth-order valence-corrected chi connectivity index (χ4v) is 10.6. The first-order valence-electron chi connectivity index (χ1n) is 35.6. The van der Waals surface area contributed by atoms with Gasteiger partial charge in [-0.1, -0.05) is 194 Å². The van der Waals surface area contributed by atoms with Crippen molar-refractivity contribution in [3.63, 3.8) is 0 Å². The maximum Gasteiger partial charge on any atom is 2.00 e. The molecule has 0 bridgehead atoms. The van der Waals surface area contributed by atoms with Crippen LogP contribution in [0.2, 0.25) is 0 Å². The van der Waals surface area contributed by atoms with Crippen molar-refractivity contribution < 1.29 is 126 Å². The Kier molecular flexibility index (Phi) is 63.6. The second-order valence-corrected chi connectivity index (χ2v) is 28.0. The molecule has 32 heteroatoms. The molecule has 0 aliphatic heterocycles. The van der Waals surface area contributed by atoms with Crippen molar-refractivity contribution >= 4 is 195 Å². The fourth-order valence-electron chi connectivity index (χ4n) is 9.38. The molecule has 12 aromatic heterocycles. The topological polar surface area (TPSA) is 202 Å². The van der Waals surface area contributed by atoms with Gasteiger partial charge in [0.1, 0.15) is 0 Å². The number of nitrogens with zero attached hydrogens (tertiary/aromatic N) is 14. The van der Waals surface area contributed by atoms with Crippen molar-refractivity contribution in [3.8, 4) is 57.7 Å². The molecule has 0 amide bonds. The van der Waals surface area contributed by atoms with Crippen LogP contribution in [0, 0.1) is 22.7 Å². The standard InChI is InChI=1S/2C12H8N2.4C10H8N2.4C6H6S2.C4H2N2S2.C2H4S2.6Pt/c2*1-3-9-5-6-10-4-2-8-14-12(10)11(9)13-7-1;4*1-3-7-11-9(5-1)10-6-2-4-8-12-10;4*7-5-3-1-2-4-6(5)8;5-1-3(7)4(8)2-6;3-1-2-4;;;;;;/h2*1-8H;4*1-8H;4*1-4,7-8H;7-8H;1-4H;;;;;;/q;;;;;;;;;;;;6*+2/p-12. The third kappa shape index (κ3) is 43.5. The molecule has 644 valence electrons. The zero-order chi connectivity index (χ0) is 85.6. The van der Waals surface area contributed by atoms with Crippen LogP contribution in [0.15, 0.2) is 450 Å². The molecule has 126 heavy (non-hydrogen) atoms. The number of pyridine rings is 12. The average molecular weight is 2950 g/mol. The van der Waals surface area contributed by atoms with E-state index in [-0.39, 0.29) is 136 Å². The quantitative estimate of drug-likeness (QED) is 0.0913. The van der Waals surface area contributed by atoms with Crippen molar-refractivity contribution in [1.29, 1.82) is 10.5 Å². The van der Waals surface area contributed by atoms with E-state index >= 15 is 0 Å². The molecule has 18 rings (SSSR count). The second-order valence-electron chi connectivity index (χ2n) is 23.1. The van der Waals surface area contributed by atoms with E-state index in [4.69, 9.17) is 112 Å². The van der Waals surface area contributed by atoms with E-state index in [9.17, 15) is 0 Å². The van der Waals surface area contributed by atoms with Crippen molar-refractivity contribution in [2.24, 2.45) is 0 Å². The maximum absolute atomic E-state index is 8.01. The van der Waals surface area contributed by atoms with Gasteiger partial charge in [0.2, 0.25) is 0 Å². The van der Waals surface area contributed by atoms with Gasteiger partial charge in [-0.25, -0.2) is 10.8 Å².